The van der Waals surface area contributed by atoms with E-state index in [2.05, 4.69) is 229 Å². The van der Waals surface area contributed by atoms with Crippen molar-refractivity contribution in [2.75, 3.05) is 0 Å². The van der Waals surface area contributed by atoms with E-state index in [-0.39, 0.29) is 10.8 Å². The minimum absolute atomic E-state index is 0.00304. The van der Waals surface area contributed by atoms with Crippen molar-refractivity contribution in [3.63, 3.8) is 0 Å². The van der Waals surface area contributed by atoms with E-state index in [1.54, 1.807) is 0 Å². The lowest BCUT2D eigenvalue weighted by molar-refractivity contribution is 0.660. The van der Waals surface area contributed by atoms with E-state index in [1.807, 2.05) is 0 Å². The highest BCUT2D eigenvalue weighted by atomic mass is 79.9. The van der Waals surface area contributed by atoms with Crippen LogP contribution >= 0.6 is 31.9 Å². The molecule has 0 fully saturated rings. The third kappa shape index (κ3) is 5.45. The normalized spacial score (nSPS) is 14.2. The van der Waals surface area contributed by atoms with Gasteiger partial charge in [0.25, 0.3) is 0 Å². The van der Waals surface area contributed by atoms with Crippen LogP contribution in [0.4, 0.5) is 0 Å². The number of rotatable bonds is 2. The Morgan fingerprint density at radius 1 is 0.286 bits per heavy atom. The van der Waals surface area contributed by atoms with Crippen LogP contribution < -0.4 is 0 Å². The van der Waals surface area contributed by atoms with Gasteiger partial charge in [-0.05, 0) is 142 Å². The van der Waals surface area contributed by atoms with E-state index in [9.17, 15) is 0 Å². The van der Waals surface area contributed by atoms with Gasteiger partial charge >= 0.3 is 0 Å². The first-order valence-electron chi connectivity index (χ1n) is 19.4. The molecule has 9 aromatic carbocycles. The van der Waals surface area contributed by atoms with Gasteiger partial charge < -0.3 is 0 Å². The SMILES string of the molecule is CC1(C)c2ccc(Br)cc2-c2cc3c4ccccc4c4ccccc4c3cc21.CC1(C)c2ccc(Br)cc2-c2ccc(-c3ccccc3-c3ccccc3)cc21. The van der Waals surface area contributed by atoms with Gasteiger partial charge in [-0.2, -0.15) is 0 Å². The molecule has 0 aliphatic heterocycles. The molecular formula is C54H40Br2. The fourth-order valence-electron chi connectivity index (χ4n) is 9.62. The van der Waals surface area contributed by atoms with Crippen LogP contribution in [0.2, 0.25) is 0 Å². The maximum atomic E-state index is 3.68. The predicted molar refractivity (Wildman–Crippen MR) is 247 cm³/mol. The van der Waals surface area contributed by atoms with Crippen LogP contribution in [0.25, 0.3) is 76.8 Å². The lowest BCUT2D eigenvalue weighted by Crippen LogP contribution is -2.14. The molecule has 0 heterocycles. The van der Waals surface area contributed by atoms with E-state index in [0.717, 1.165) is 8.95 Å². The zero-order valence-electron chi connectivity index (χ0n) is 31.9. The molecule has 9 aromatic rings. The number of fused-ring (bicyclic) bond motifs is 12. The Labute approximate surface area is 346 Å². The fourth-order valence-corrected chi connectivity index (χ4v) is 10.3. The number of halogens is 2. The zero-order chi connectivity index (χ0) is 38.3. The largest absolute Gasteiger partial charge is 0.0622 e. The van der Waals surface area contributed by atoms with Gasteiger partial charge in [-0.25, -0.2) is 0 Å². The van der Waals surface area contributed by atoms with Crippen LogP contribution in [0.3, 0.4) is 0 Å². The average Bonchev–Trinajstić information content (AvgIpc) is 3.58. The molecule has 0 saturated carbocycles. The smallest absolute Gasteiger partial charge is 0.0181 e. The number of benzene rings is 9. The molecule has 0 bridgehead atoms. The molecule has 2 heteroatoms. The highest BCUT2D eigenvalue weighted by molar-refractivity contribution is 9.10. The first-order chi connectivity index (χ1) is 27.1. The predicted octanol–water partition coefficient (Wildman–Crippen LogP) is 16.3. The Kier molecular flexibility index (Phi) is 8.26. The van der Waals surface area contributed by atoms with Gasteiger partial charge in [0.15, 0.2) is 0 Å². The molecule has 56 heavy (non-hydrogen) atoms. The Bertz CT molecular complexity index is 3040. The molecule has 270 valence electrons. The van der Waals surface area contributed by atoms with Crippen LogP contribution in [0.1, 0.15) is 49.9 Å². The molecule has 0 nitrogen and oxygen atoms in total. The zero-order valence-corrected chi connectivity index (χ0v) is 35.1. The van der Waals surface area contributed by atoms with Gasteiger partial charge in [0.1, 0.15) is 0 Å². The first-order valence-corrected chi connectivity index (χ1v) is 21.0. The Morgan fingerprint density at radius 3 is 1.29 bits per heavy atom. The third-order valence-electron chi connectivity index (χ3n) is 12.5. The van der Waals surface area contributed by atoms with Crippen molar-refractivity contribution in [2.24, 2.45) is 0 Å². The summed E-state index contributed by atoms with van der Waals surface area (Å²) >= 11 is 7.32. The van der Waals surface area contributed by atoms with Crippen LogP contribution in [-0.4, -0.2) is 0 Å². The highest BCUT2D eigenvalue weighted by Gasteiger charge is 2.37. The van der Waals surface area contributed by atoms with Crippen molar-refractivity contribution in [2.45, 2.75) is 38.5 Å². The summed E-state index contributed by atoms with van der Waals surface area (Å²) in [5, 5.41) is 8.04. The average molecular weight is 849 g/mol. The van der Waals surface area contributed by atoms with Crippen molar-refractivity contribution in [3.05, 3.63) is 201 Å². The number of hydrogen-bond acceptors (Lipinski definition) is 0. The van der Waals surface area contributed by atoms with Gasteiger partial charge in [-0.1, -0.05) is 187 Å². The van der Waals surface area contributed by atoms with Gasteiger partial charge in [0.05, 0.1) is 0 Å². The van der Waals surface area contributed by atoms with E-state index in [4.69, 9.17) is 0 Å². The van der Waals surface area contributed by atoms with Crippen molar-refractivity contribution in [3.8, 4) is 44.5 Å². The molecule has 2 aliphatic carbocycles. The highest BCUT2D eigenvalue weighted by Crippen LogP contribution is 2.53. The summed E-state index contributed by atoms with van der Waals surface area (Å²) in [6.07, 6.45) is 0. The van der Waals surface area contributed by atoms with Crippen molar-refractivity contribution >= 4 is 64.2 Å². The minimum atomic E-state index is 0.00304. The van der Waals surface area contributed by atoms with Gasteiger partial charge in [0.2, 0.25) is 0 Å². The Balaban J connectivity index is 0.000000137. The molecule has 2 aliphatic rings. The maximum absolute atomic E-state index is 3.68. The second-order valence-electron chi connectivity index (χ2n) is 16.3. The molecule has 0 radical (unpaired) electrons. The summed E-state index contributed by atoms with van der Waals surface area (Å²) in [6.45, 7) is 9.36. The second-order valence-corrected chi connectivity index (χ2v) is 18.2. The summed E-state index contributed by atoms with van der Waals surface area (Å²) in [6, 6.07) is 62.2. The Morgan fingerprint density at radius 2 is 0.714 bits per heavy atom. The molecule has 0 N–H and O–H groups in total. The van der Waals surface area contributed by atoms with Crippen molar-refractivity contribution in [1.82, 2.24) is 0 Å². The van der Waals surface area contributed by atoms with E-state index in [1.165, 1.54) is 99.1 Å². The van der Waals surface area contributed by atoms with Gasteiger partial charge in [-0.15, -0.1) is 0 Å². The van der Waals surface area contributed by atoms with Crippen molar-refractivity contribution in [1.29, 1.82) is 0 Å². The minimum Gasteiger partial charge on any atom is -0.0622 e. The monoisotopic (exact) mass is 846 g/mol. The van der Waals surface area contributed by atoms with Crippen LogP contribution in [0.15, 0.2) is 179 Å². The maximum Gasteiger partial charge on any atom is 0.0181 e. The molecule has 0 amide bonds. The van der Waals surface area contributed by atoms with E-state index >= 15 is 0 Å². The summed E-state index contributed by atoms with van der Waals surface area (Å²) in [5.74, 6) is 0. The summed E-state index contributed by atoms with van der Waals surface area (Å²) in [7, 11) is 0. The topological polar surface area (TPSA) is 0 Å². The van der Waals surface area contributed by atoms with Crippen LogP contribution in [0.5, 0.6) is 0 Å². The van der Waals surface area contributed by atoms with Crippen LogP contribution in [0, 0.1) is 0 Å². The number of hydrogen-bond donors (Lipinski definition) is 0. The van der Waals surface area contributed by atoms with E-state index < -0.39 is 0 Å². The Hall–Kier alpha value is -5.28. The molecular weight excluding hydrogens is 808 g/mol. The molecule has 0 saturated heterocycles. The molecule has 0 spiro atoms. The van der Waals surface area contributed by atoms with Crippen molar-refractivity contribution < 1.29 is 0 Å². The molecule has 0 aromatic heterocycles. The first kappa shape index (κ1) is 35.2. The molecule has 11 rings (SSSR count). The summed E-state index contributed by atoms with van der Waals surface area (Å²) < 4.78 is 2.27. The fraction of sp³-hybridized carbons (Fsp3) is 0.111. The lowest BCUT2D eigenvalue weighted by atomic mass is 9.81. The standard InChI is InChI=1S/C27H19Br.C27H21Br/c1-27(2)25-12-11-16(28)13-23(25)24-14-21-19-9-5-3-7-17(19)18-8-4-6-10-20(18)22(21)15-26(24)27;1-27(2)25-15-13-20(28)17-24(25)23-14-12-19(16-26(23)27)22-11-7-6-10-21(22)18-8-4-3-5-9-18/h3-15H,1-2H3;3-17H,1-2H3. The molecule has 0 unspecified atom stereocenters. The van der Waals surface area contributed by atoms with E-state index in [0.29, 0.717) is 0 Å². The third-order valence-corrected chi connectivity index (χ3v) is 13.4. The second kappa shape index (κ2) is 13.2. The quantitative estimate of drug-likeness (QED) is 0.152. The van der Waals surface area contributed by atoms with Gasteiger partial charge in [-0.3, -0.25) is 0 Å². The molecule has 0 atom stereocenters. The summed E-state index contributed by atoms with van der Waals surface area (Å²) in [5.41, 5.74) is 16.2. The summed E-state index contributed by atoms with van der Waals surface area (Å²) in [4.78, 5) is 0. The van der Waals surface area contributed by atoms with Crippen LogP contribution in [-0.2, 0) is 10.8 Å². The van der Waals surface area contributed by atoms with Gasteiger partial charge in [0, 0.05) is 19.8 Å². The lowest BCUT2D eigenvalue weighted by Gasteiger charge is -2.22.